The van der Waals surface area contributed by atoms with E-state index in [0.29, 0.717) is 31.3 Å². The number of alkyl halides is 3. The predicted octanol–water partition coefficient (Wildman–Crippen LogP) is 2.81. The number of hydrogen-bond donors (Lipinski definition) is 2. The first-order valence-electron chi connectivity index (χ1n) is 8.12. The Morgan fingerprint density at radius 3 is 2.50 bits per heavy atom. The molecule has 0 atom stereocenters. The summed E-state index contributed by atoms with van der Waals surface area (Å²) in [6.07, 6.45) is -4.57. The molecular formula is C16H20ClF3N4OS. The number of halogens is 4. The second-order valence-corrected chi connectivity index (χ2v) is 6.63. The van der Waals surface area contributed by atoms with Crippen LogP contribution in [0.3, 0.4) is 0 Å². The minimum absolute atomic E-state index is 0.0682. The van der Waals surface area contributed by atoms with E-state index in [-0.39, 0.29) is 18.1 Å². The van der Waals surface area contributed by atoms with Gasteiger partial charge < -0.3 is 15.5 Å². The number of piperazine rings is 1. The average Bonchev–Trinajstić information content (AvgIpc) is 2.56. The van der Waals surface area contributed by atoms with Crippen LogP contribution >= 0.6 is 23.8 Å². The van der Waals surface area contributed by atoms with Crippen LogP contribution in [0, 0.1) is 0 Å². The summed E-state index contributed by atoms with van der Waals surface area (Å²) in [6, 6.07) is 3.32. The van der Waals surface area contributed by atoms with Gasteiger partial charge in [0.15, 0.2) is 5.11 Å². The van der Waals surface area contributed by atoms with Gasteiger partial charge in [-0.2, -0.15) is 13.2 Å². The van der Waals surface area contributed by atoms with Gasteiger partial charge >= 0.3 is 6.18 Å². The molecule has 0 aromatic heterocycles. The largest absolute Gasteiger partial charge is 0.417 e. The highest BCUT2D eigenvalue weighted by Gasteiger charge is 2.33. The number of hydrogen-bond acceptors (Lipinski definition) is 3. The van der Waals surface area contributed by atoms with Crippen molar-refractivity contribution >= 4 is 40.5 Å². The van der Waals surface area contributed by atoms with E-state index < -0.39 is 16.8 Å². The van der Waals surface area contributed by atoms with Crippen LogP contribution in [0.5, 0.6) is 0 Å². The molecule has 0 unspecified atom stereocenters. The zero-order valence-corrected chi connectivity index (χ0v) is 15.8. The minimum atomic E-state index is -4.57. The molecule has 1 heterocycles. The predicted molar refractivity (Wildman–Crippen MR) is 99.4 cm³/mol. The third-order valence-corrected chi connectivity index (χ3v) is 4.64. The van der Waals surface area contributed by atoms with Gasteiger partial charge in [0.25, 0.3) is 0 Å². The third-order valence-electron chi connectivity index (χ3n) is 3.91. The molecule has 0 radical (unpaired) electrons. The topological polar surface area (TPSA) is 47.6 Å². The van der Waals surface area contributed by atoms with Gasteiger partial charge in [-0.1, -0.05) is 11.6 Å². The zero-order valence-electron chi connectivity index (χ0n) is 14.2. The summed E-state index contributed by atoms with van der Waals surface area (Å²) in [7, 11) is 0. The first kappa shape index (κ1) is 20.7. The molecule has 0 aliphatic carbocycles. The number of benzene rings is 1. The van der Waals surface area contributed by atoms with E-state index in [1.165, 1.54) is 6.07 Å². The van der Waals surface area contributed by atoms with Crippen LogP contribution in [0.4, 0.5) is 18.9 Å². The number of anilines is 1. The molecule has 0 spiro atoms. The van der Waals surface area contributed by atoms with Crippen molar-refractivity contribution in [2.75, 3.05) is 44.6 Å². The van der Waals surface area contributed by atoms with E-state index in [4.69, 9.17) is 23.8 Å². The molecule has 0 saturated carbocycles. The lowest BCUT2D eigenvalue weighted by molar-refractivity contribution is -0.137. The molecule has 26 heavy (non-hydrogen) atoms. The fourth-order valence-corrected chi connectivity index (χ4v) is 3.15. The summed E-state index contributed by atoms with van der Waals surface area (Å²) in [4.78, 5) is 16.1. The zero-order chi connectivity index (χ0) is 19.3. The van der Waals surface area contributed by atoms with E-state index in [9.17, 15) is 18.0 Å². The van der Waals surface area contributed by atoms with E-state index in [0.717, 1.165) is 18.7 Å². The number of carbonyl (C=O) groups excluding carboxylic acids is 1. The Balaban J connectivity index is 1.87. The smallest absolute Gasteiger partial charge is 0.363 e. The third kappa shape index (κ3) is 5.72. The lowest BCUT2D eigenvalue weighted by Crippen LogP contribution is -2.52. The fraction of sp³-hybridized carbons (Fsp3) is 0.500. The molecule has 10 heteroatoms. The Labute approximate surface area is 160 Å². The SMILES string of the molecule is CCNC(=S)N1CCN(CC(=O)Nc2ccc(Cl)c(C(F)(F)F)c2)CC1. The van der Waals surface area contributed by atoms with Gasteiger partial charge in [-0.15, -0.1) is 0 Å². The van der Waals surface area contributed by atoms with Crippen molar-refractivity contribution in [2.45, 2.75) is 13.1 Å². The molecule has 1 amide bonds. The highest BCUT2D eigenvalue weighted by Crippen LogP contribution is 2.36. The molecule has 1 aromatic carbocycles. The van der Waals surface area contributed by atoms with Crippen molar-refractivity contribution in [3.63, 3.8) is 0 Å². The van der Waals surface area contributed by atoms with Crippen molar-refractivity contribution in [2.24, 2.45) is 0 Å². The van der Waals surface area contributed by atoms with Gasteiger partial charge in [-0.25, -0.2) is 0 Å². The van der Waals surface area contributed by atoms with E-state index in [1.54, 1.807) is 0 Å². The van der Waals surface area contributed by atoms with Crippen LogP contribution in [0.15, 0.2) is 18.2 Å². The Hall–Kier alpha value is -1.58. The summed E-state index contributed by atoms with van der Waals surface area (Å²) in [5.41, 5.74) is -0.902. The summed E-state index contributed by atoms with van der Waals surface area (Å²) >= 11 is 10.8. The van der Waals surface area contributed by atoms with E-state index in [1.807, 2.05) is 16.7 Å². The van der Waals surface area contributed by atoms with Crippen molar-refractivity contribution in [1.82, 2.24) is 15.1 Å². The maximum Gasteiger partial charge on any atom is 0.417 e. The Morgan fingerprint density at radius 2 is 1.92 bits per heavy atom. The molecule has 1 fully saturated rings. The number of thiocarbonyl (C=S) groups is 1. The molecule has 2 rings (SSSR count). The number of amides is 1. The maximum atomic E-state index is 12.9. The lowest BCUT2D eigenvalue weighted by Gasteiger charge is -2.35. The standard InChI is InChI=1S/C16H20ClF3N4OS/c1-2-21-15(26)24-7-5-23(6-8-24)10-14(25)22-11-3-4-13(17)12(9-11)16(18,19)20/h3-4,9H,2,5-8,10H2,1H3,(H,21,26)(H,22,25). The van der Waals surface area contributed by atoms with Gasteiger partial charge in [0.2, 0.25) is 5.91 Å². The molecule has 144 valence electrons. The van der Waals surface area contributed by atoms with Crippen LogP contribution in [0.2, 0.25) is 5.02 Å². The summed E-state index contributed by atoms with van der Waals surface area (Å²) in [5, 5.41) is 5.87. The summed E-state index contributed by atoms with van der Waals surface area (Å²) in [6.45, 7) is 5.50. The monoisotopic (exact) mass is 408 g/mol. The van der Waals surface area contributed by atoms with Crippen LogP contribution in [0.1, 0.15) is 12.5 Å². The lowest BCUT2D eigenvalue weighted by atomic mass is 10.2. The molecule has 1 saturated heterocycles. The second kappa shape index (κ2) is 8.88. The van der Waals surface area contributed by atoms with Gasteiger partial charge in [0, 0.05) is 38.4 Å². The second-order valence-electron chi connectivity index (χ2n) is 5.84. The molecule has 5 nitrogen and oxygen atoms in total. The molecule has 1 aromatic rings. The van der Waals surface area contributed by atoms with E-state index in [2.05, 4.69) is 10.6 Å². The van der Waals surface area contributed by atoms with E-state index >= 15 is 0 Å². The fourth-order valence-electron chi connectivity index (χ4n) is 2.60. The van der Waals surface area contributed by atoms with Crippen LogP contribution < -0.4 is 10.6 Å². The van der Waals surface area contributed by atoms with Gasteiger partial charge in [0.1, 0.15) is 0 Å². The molecule has 2 N–H and O–H groups in total. The number of rotatable bonds is 4. The van der Waals surface area contributed by atoms with Crippen molar-refractivity contribution in [3.8, 4) is 0 Å². The Morgan fingerprint density at radius 1 is 1.27 bits per heavy atom. The van der Waals surface area contributed by atoms with Crippen molar-refractivity contribution < 1.29 is 18.0 Å². The first-order chi connectivity index (χ1) is 12.2. The van der Waals surface area contributed by atoms with Crippen molar-refractivity contribution in [1.29, 1.82) is 0 Å². The first-order valence-corrected chi connectivity index (χ1v) is 8.91. The summed E-state index contributed by atoms with van der Waals surface area (Å²) < 4.78 is 38.6. The Bertz CT molecular complexity index is 663. The average molecular weight is 409 g/mol. The normalized spacial score (nSPS) is 15.7. The van der Waals surface area contributed by atoms with Crippen LogP contribution in [0.25, 0.3) is 0 Å². The highest BCUT2D eigenvalue weighted by atomic mass is 35.5. The molecule has 1 aliphatic heterocycles. The molecular weight excluding hydrogens is 389 g/mol. The maximum absolute atomic E-state index is 12.9. The Kier molecular flexibility index (Phi) is 7.08. The highest BCUT2D eigenvalue weighted by molar-refractivity contribution is 7.80. The number of nitrogens with one attached hydrogen (secondary N) is 2. The van der Waals surface area contributed by atoms with Gasteiger partial charge in [-0.05, 0) is 37.3 Å². The minimum Gasteiger partial charge on any atom is -0.363 e. The van der Waals surface area contributed by atoms with Crippen LogP contribution in [-0.2, 0) is 11.0 Å². The van der Waals surface area contributed by atoms with Crippen molar-refractivity contribution in [3.05, 3.63) is 28.8 Å². The number of carbonyl (C=O) groups is 1. The summed E-state index contributed by atoms with van der Waals surface area (Å²) in [5.74, 6) is -0.372. The molecule has 0 bridgehead atoms. The van der Waals surface area contributed by atoms with Gasteiger partial charge in [0.05, 0.1) is 17.1 Å². The number of nitrogens with zero attached hydrogens (tertiary/aromatic N) is 2. The van der Waals surface area contributed by atoms with Crippen LogP contribution in [-0.4, -0.2) is 60.1 Å². The quantitative estimate of drug-likeness (QED) is 0.750. The van der Waals surface area contributed by atoms with Gasteiger partial charge in [-0.3, -0.25) is 9.69 Å². The molecule has 1 aliphatic rings.